The lowest BCUT2D eigenvalue weighted by Crippen LogP contribution is -2.31. The van der Waals surface area contributed by atoms with Crippen molar-refractivity contribution in [3.05, 3.63) is 29.8 Å². The SMILES string of the molecule is Cc1ccccc1N(CCCN)CC(F)F. The van der Waals surface area contributed by atoms with E-state index in [4.69, 9.17) is 5.73 Å². The molecule has 90 valence electrons. The summed E-state index contributed by atoms with van der Waals surface area (Å²) in [5.41, 5.74) is 7.30. The lowest BCUT2D eigenvalue weighted by Gasteiger charge is -2.25. The summed E-state index contributed by atoms with van der Waals surface area (Å²) in [6, 6.07) is 7.57. The summed E-state index contributed by atoms with van der Waals surface area (Å²) in [4.78, 5) is 1.70. The number of alkyl halides is 2. The van der Waals surface area contributed by atoms with Crippen LogP contribution in [0, 0.1) is 6.92 Å². The van der Waals surface area contributed by atoms with E-state index in [1.165, 1.54) is 0 Å². The van der Waals surface area contributed by atoms with Gasteiger partial charge in [-0.25, -0.2) is 8.78 Å². The van der Waals surface area contributed by atoms with Gasteiger partial charge in [0, 0.05) is 12.2 Å². The molecule has 0 bridgehead atoms. The van der Waals surface area contributed by atoms with Crippen LogP contribution in [0.1, 0.15) is 12.0 Å². The van der Waals surface area contributed by atoms with Crippen LogP contribution >= 0.6 is 0 Å². The zero-order valence-corrected chi connectivity index (χ0v) is 9.50. The van der Waals surface area contributed by atoms with Gasteiger partial charge >= 0.3 is 0 Å². The van der Waals surface area contributed by atoms with Crippen molar-refractivity contribution in [3.63, 3.8) is 0 Å². The van der Waals surface area contributed by atoms with Gasteiger partial charge in [-0.3, -0.25) is 0 Å². The van der Waals surface area contributed by atoms with Crippen LogP contribution in [0.15, 0.2) is 24.3 Å². The van der Waals surface area contributed by atoms with Crippen LogP contribution in [0.2, 0.25) is 0 Å². The molecule has 0 aliphatic rings. The molecule has 0 amide bonds. The fourth-order valence-corrected chi connectivity index (χ4v) is 1.68. The zero-order chi connectivity index (χ0) is 12.0. The van der Waals surface area contributed by atoms with Crippen molar-refractivity contribution in [1.29, 1.82) is 0 Å². The molecule has 0 aliphatic carbocycles. The van der Waals surface area contributed by atoms with E-state index in [9.17, 15) is 8.78 Å². The Bertz CT molecular complexity index is 316. The fourth-order valence-electron chi connectivity index (χ4n) is 1.68. The standard InChI is InChI=1S/C12H18F2N2/c1-10-5-2-3-6-11(10)16(8-4-7-15)9-12(13)14/h2-3,5-6,12H,4,7-9,15H2,1H3. The lowest BCUT2D eigenvalue weighted by atomic mass is 10.1. The molecule has 1 aromatic rings. The van der Waals surface area contributed by atoms with Crippen LogP contribution in [0.5, 0.6) is 0 Å². The number of aryl methyl sites for hydroxylation is 1. The van der Waals surface area contributed by atoms with E-state index < -0.39 is 6.43 Å². The minimum atomic E-state index is -2.32. The third kappa shape index (κ3) is 3.77. The van der Waals surface area contributed by atoms with Gasteiger partial charge in [-0.05, 0) is 31.5 Å². The van der Waals surface area contributed by atoms with Gasteiger partial charge < -0.3 is 10.6 Å². The molecule has 0 aromatic heterocycles. The van der Waals surface area contributed by atoms with Gasteiger partial charge in [-0.15, -0.1) is 0 Å². The number of nitrogens with zero attached hydrogens (tertiary/aromatic N) is 1. The van der Waals surface area contributed by atoms with Gasteiger partial charge in [0.1, 0.15) is 0 Å². The molecule has 1 rings (SSSR count). The molecule has 16 heavy (non-hydrogen) atoms. The Balaban J connectivity index is 2.78. The van der Waals surface area contributed by atoms with Gasteiger partial charge in [-0.2, -0.15) is 0 Å². The second-order valence-electron chi connectivity index (χ2n) is 3.77. The number of nitrogens with two attached hydrogens (primary N) is 1. The third-order valence-electron chi connectivity index (χ3n) is 2.45. The van der Waals surface area contributed by atoms with Crippen LogP contribution in [0.3, 0.4) is 0 Å². The Labute approximate surface area is 95.1 Å². The average Bonchev–Trinajstić information content (AvgIpc) is 2.24. The molecule has 4 heteroatoms. The predicted octanol–water partition coefficient (Wildman–Crippen LogP) is 2.42. The number of para-hydroxylation sites is 1. The highest BCUT2D eigenvalue weighted by molar-refractivity contribution is 5.52. The van der Waals surface area contributed by atoms with E-state index in [1.807, 2.05) is 31.2 Å². The quantitative estimate of drug-likeness (QED) is 0.810. The normalized spacial score (nSPS) is 10.8. The maximum atomic E-state index is 12.5. The van der Waals surface area contributed by atoms with Crippen LogP contribution in [0.25, 0.3) is 0 Å². The first kappa shape index (κ1) is 12.9. The molecule has 0 unspecified atom stereocenters. The van der Waals surface area contributed by atoms with Crippen LogP contribution < -0.4 is 10.6 Å². The van der Waals surface area contributed by atoms with Crippen LogP contribution in [-0.4, -0.2) is 26.1 Å². The minimum Gasteiger partial charge on any atom is -0.366 e. The average molecular weight is 228 g/mol. The summed E-state index contributed by atoms with van der Waals surface area (Å²) in [5, 5.41) is 0. The molecule has 0 spiro atoms. The monoisotopic (exact) mass is 228 g/mol. The molecule has 0 heterocycles. The number of anilines is 1. The van der Waals surface area contributed by atoms with Crippen molar-refractivity contribution in [2.45, 2.75) is 19.8 Å². The summed E-state index contributed by atoms with van der Waals surface area (Å²) >= 11 is 0. The molecule has 0 radical (unpaired) electrons. The van der Waals surface area contributed by atoms with E-state index in [0.29, 0.717) is 13.1 Å². The Kier molecular flexibility index (Phi) is 5.19. The van der Waals surface area contributed by atoms with Crippen molar-refractivity contribution < 1.29 is 8.78 Å². The van der Waals surface area contributed by atoms with Gasteiger partial charge in [0.15, 0.2) is 0 Å². The van der Waals surface area contributed by atoms with E-state index in [2.05, 4.69) is 0 Å². The molecular formula is C12H18F2N2. The highest BCUT2D eigenvalue weighted by Crippen LogP contribution is 2.20. The van der Waals surface area contributed by atoms with E-state index in [0.717, 1.165) is 17.7 Å². The molecular weight excluding hydrogens is 210 g/mol. The Morgan fingerprint density at radius 1 is 1.31 bits per heavy atom. The maximum absolute atomic E-state index is 12.5. The van der Waals surface area contributed by atoms with Crippen molar-refractivity contribution >= 4 is 5.69 Å². The Hall–Kier alpha value is -1.16. The molecule has 0 fully saturated rings. The fraction of sp³-hybridized carbons (Fsp3) is 0.500. The van der Waals surface area contributed by atoms with Gasteiger partial charge in [0.25, 0.3) is 6.43 Å². The summed E-state index contributed by atoms with van der Waals surface area (Å²) in [6.07, 6.45) is -1.60. The first-order valence-corrected chi connectivity index (χ1v) is 5.44. The number of halogens is 2. The number of hydrogen-bond acceptors (Lipinski definition) is 2. The smallest absolute Gasteiger partial charge is 0.255 e. The Morgan fingerprint density at radius 2 is 2.00 bits per heavy atom. The molecule has 2 nitrogen and oxygen atoms in total. The van der Waals surface area contributed by atoms with Crippen LogP contribution in [-0.2, 0) is 0 Å². The van der Waals surface area contributed by atoms with Gasteiger partial charge in [-0.1, -0.05) is 18.2 Å². The summed E-state index contributed by atoms with van der Waals surface area (Å²) < 4.78 is 24.9. The van der Waals surface area contributed by atoms with Crippen molar-refractivity contribution in [2.24, 2.45) is 5.73 Å². The first-order chi connectivity index (χ1) is 7.65. The van der Waals surface area contributed by atoms with Crippen LogP contribution in [0.4, 0.5) is 14.5 Å². The highest BCUT2D eigenvalue weighted by Gasteiger charge is 2.13. The molecule has 0 aliphatic heterocycles. The van der Waals surface area contributed by atoms with Crippen molar-refractivity contribution in [1.82, 2.24) is 0 Å². The van der Waals surface area contributed by atoms with Gasteiger partial charge in [0.05, 0.1) is 6.54 Å². The zero-order valence-electron chi connectivity index (χ0n) is 9.50. The van der Waals surface area contributed by atoms with E-state index >= 15 is 0 Å². The van der Waals surface area contributed by atoms with E-state index in [1.54, 1.807) is 4.90 Å². The van der Waals surface area contributed by atoms with E-state index in [-0.39, 0.29) is 6.54 Å². The first-order valence-electron chi connectivity index (χ1n) is 5.44. The number of hydrogen-bond donors (Lipinski definition) is 1. The molecule has 2 N–H and O–H groups in total. The highest BCUT2D eigenvalue weighted by atomic mass is 19.3. The number of rotatable bonds is 6. The summed E-state index contributed by atoms with van der Waals surface area (Å²) in [7, 11) is 0. The molecule has 0 saturated heterocycles. The molecule has 0 saturated carbocycles. The summed E-state index contributed by atoms with van der Waals surface area (Å²) in [6.45, 7) is 2.79. The Morgan fingerprint density at radius 3 is 2.56 bits per heavy atom. The third-order valence-corrected chi connectivity index (χ3v) is 2.45. The topological polar surface area (TPSA) is 29.3 Å². The largest absolute Gasteiger partial charge is 0.366 e. The molecule has 0 atom stereocenters. The predicted molar refractivity (Wildman–Crippen MR) is 63.1 cm³/mol. The van der Waals surface area contributed by atoms with Crippen molar-refractivity contribution in [2.75, 3.05) is 24.5 Å². The second-order valence-corrected chi connectivity index (χ2v) is 3.77. The lowest BCUT2D eigenvalue weighted by molar-refractivity contribution is 0.154. The maximum Gasteiger partial charge on any atom is 0.255 e. The van der Waals surface area contributed by atoms with Gasteiger partial charge in [0.2, 0.25) is 0 Å². The van der Waals surface area contributed by atoms with Crippen molar-refractivity contribution in [3.8, 4) is 0 Å². The molecule has 1 aromatic carbocycles. The minimum absolute atomic E-state index is 0.231. The number of benzene rings is 1. The summed E-state index contributed by atoms with van der Waals surface area (Å²) in [5.74, 6) is 0. The second kappa shape index (κ2) is 6.43.